The van der Waals surface area contributed by atoms with Gasteiger partial charge in [0.05, 0.1) is 6.42 Å². The van der Waals surface area contributed by atoms with Crippen LogP contribution >= 0.6 is 0 Å². The summed E-state index contributed by atoms with van der Waals surface area (Å²) < 4.78 is 0. The monoisotopic (exact) mass is 197 g/mol. The van der Waals surface area contributed by atoms with Gasteiger partial charge in [-0.3, -0.25) is 4.79 Å². The predicted octanol–water partition coefficient (Wildman–Crippen LogP) is 0.0772. The first-order chi connectivity index (χ1) is 6.65. The maximum Gasteiger partial charge on any atom is 0.304 e. The Kier molecular flexibility index (Phi) is 3.67. The average Bonchev–Trinajstić information content (AvgIpc) is 2.57. The zero-order valence-corrected chi connectivity index (χ0v) is 8.03. The summed E-state index contributed by atoms with van der Waals surface area (Å²) in [5.74, 6) is -0.881. The van der Waals surface area contributed by atoms with Gasteiger partial charge >= 0.3 is 5.97 Å². The molecule has 0 aliphatic heterocycles. The molecule has 0 bridgehead atoms. The van der Waals surface area contributed by atoms with Crippen molar-refractivity contribution in [2.45, 2.75) is 18.5 Å². The predicted molar refractivity (Wildman–Crippen MR) is 52.8 cm³/mol. The van der Waals surface area contributed by atoms with Crippen LogP contribution < -0.4 is 11.1 Å². The van der Waals surface area contributed by atoms with Crippen molar-refractivity contribution in [1.29, 1.82) is 0 Å². The third-order valence-electron chi connectivity index (χ3n) is 2.13. The first-order valence-electron chi connectivity index (χ1n) is 4.42. The van der Waals surface area contributed by atoms with E-state index in [1.54, 1.807) is 13.2 Å². The van der Waals surface area contributed by atoms with Crippen LogP contribution in [0.2, 0.25) is 0 Å². The first-order valence-corrected chi connectivity index (χ1v) is 4.42. The number of nitrogens with one attached hydrogen (secondary N) is 2. The number of H-pyrrole nitrogens is 1. The number of aromatic amines is 1. The highest BCUT2D eigenvalue weighted by Gasteiger charge is 2.20. The number of carboxylic acid groups (broad SMARTS) is 1. The van der Waals surface area contributed by atoms with Crippen molar-refractivity contribution < 1.29 is 9.90 Å². The second kappa shape index (κ2) is 4.78. The Hall–Kier alpha value is -1.33. The van der Waals surface area contributed by atoms with Crippen LogP contribution in [-0.4, -0.2) is 29.1 Å². The molecule has 1 aromatic heterocycles. The highest BCUT2D eigenvalue weighted by molar-refractivity contribution is 5.67. The van der Waals surface area contributed by atoms with E-state index in [-0.39, 0.29) is 12.5 Å². The summed E-state index contributed by atoms with van der Waals surface area (Å²) >= 11 is 0. The van der Waals surface area contributed by atoms with E-state index in [9.17, 15) is 4.79 Å². The fraction of sp³-hybridized carbons (Fsp3) is 0.444. The number of carbonyl (C=O) groups is 1. The van der Waals surface area contributed by atoms with E-state index < -0.39 is 12.0 Å². The second-order valence-corrected chi connectivity index (χ2v) is 3.17. The molecule has 0 saturated heterocycles. The van der Waals surface area contributed by atoms with Crippen LogP contribution in [0.1, 0.15) is 18.0 Å². The van der Waals surface area contributed by atoms with Crippen LogP contribution in [0, 0.1) is 0 Å². The molecule has 14 heavy (non-hydrogen) atoms. The summed E-state index contributed by atoms with van der Waals surface area (Å²) in [5, 5.41) is 11.6. The summed E-state index contributed by atoms with van der Waals surface area (Å²) in [7, 11) is 1.76. The summed E-state index contributed by atoms with van der Waals surface area (Å²) in [6.07, 6.45) is 3.55. The number of aliphatic carboxylic acids is 1. The fourth-order valence-electron chi connectivity index (χ4n) is 1.48. The van der Waals surface area contributed by atoms with E-state index in [4.69, 9.17) is 10.8 Å². The Balaban J connectivity index is 2.67. The molecule has 78 valence electrons. The van der Waals surface area contributed by atoms with E-state index >= 15 is 0 Å². The topological polar surface area (TPSA) is 91.1 Å². The van der Waals surface area contributed by atoms with Crippen LogP contribution in [0.25, 0.3) is 0 Å². The quantitative estimate of drug-likeness (QED) is 0.538. The minimum atomic E-state index is -0.881. The Morgan fingerprint density at radius 1 is 1.79 bits per heavy atom. The molecule has 0 aliphatic rings. The average molecular weight is 197 g/mol. The van der Waals surface area contributed by atoms with Crippen LogP contribution in [-0.2, 0) is 4.79 Å². The molecule has 0 radical (unpaired) electrons. The lowest BCUT2D eigenvalue weighted by atomic mass is 10.0. The molecule has 2 unspecified atom stereocenters. The van der Waals surface area contributed by atoms with Gasteiger partial charge in [-0.1, -0.05) is 0 Å². The molecule has 0 fully saturated rings. The lowest BCUT2D eigenvalue weighted by molar-refractivity contribution is -0.137. The number of hydrogen-bond donors (Lipinski definition) is 4. The molecule has 0 amide bonds. The van der Waals surface area contributed by atoms with E-state index in [1.807, 2.05) is 12.3 Å². The van der Waals surface area contributed by atoms with E-state index in [0.29, 0.717) is 0 Å². The number of likely N-dealkylation sites (N-methyl/N-ethyl adjacent to an activating group) is 1. The van der Waals surface area contributed by atoms with Crippen molar-refractivity contribution in [2.24, 2.45) is 5.73 Å². The van der Waals surface area contributed by atoms with Gasteiger partial charge in [0.15, 0.2) is 0 Å². The first kappa shape index (κ1) is 10.7. The maximum absolute atomic E-state index is 10.5. The molecule has 5 heteroatoms. The van der Waals surface area contributed by atoms with Gasteiger partial charge in [0.1, 0.15) is 0 Å². The summed E-state index contributed by atoms with van der Waals surface area (Å²) in [4.78, 5) is 13.4. The number of aromatic nitrogens is 1. The lowest BCUT2D eigenvalue weighted by Crippen LogP contribution is -2.37. The number of hydrogen-bond acceptors (Lipinski definition) is 3. The van der Waals surface area contributed by atoms with Crippen molar-refractivity contribution in [3.63, 3.8) is 0 Å². The molecular weight excluding hydrogens is 182 g/mol. The standard InChI is InChI=1S/C9H15N3O2/c1-11-9(6-2-3-12-5-6)7(10)4-8(13)14/h2-3,5,7,9,11-12H,4,10H2,1H3,(H,13,14). The van der Waals surface area contributed by atoms with Gasteiger partial charge in [-0.2, -0.15) is 0 Å². The van der Waals surface area contributed by atoms with Crippen LogP contribution in [0.5, 0.6) is 0 Å². The molecule has 5 nitrogen and oxygen atoms in total. The zero-order valence-electron chi connectivity index (χ0n) is 8.03. The normalized spacial score (nSPS) is 15.0. The molecular formula is C9H15N3O2. The van der Waals surface area contributed by atoms with Gasteiger partial charge in [-0.15, -0.1) is 0 Å². The third kappa shape index (κ3) is 2.58. The number of nitrogens with two attached hydrogens (primary N) is 1. The van der Waals surface area contributed by atoms with Crippen molar-refractivity contribution in [2.75, 3.05) is 7.05 Å². The highest BCUT2D eigenvalue weighted by Crippen LogP contribution is 2.16. The molecule has 0 aromatic carbocycles. The molecule has 0 aliphatic carbocycles. The van der Waals surface area contributed by atoms with Crippen molar-refractivity contribution in [3.05, 3.63) is 24.0 Å². The molecule has 0 spiro atoms. The largest absolute Gasteiger partial charge is 0.481 e. The van der Waals surface area contributed by atoms with E-state index in [1.165, 1.54) is 0 Å². The summed E-state index contributed by atoms with van der Waals surface area (Å²) in [6.45, 7) is 0. The van der Waals surface area contributed by atoms with Crippen LogP contribution in [0.15, 0.2) is 18.5 Å². The molecule has 0 saturated carbocycles. The minimum Gasteiger partial charge on any atom is -0.481 e. The van der Waals surface area contributed by atoms with Gasteiger partial charge in [0.2, 0.25) is 0 Å². The number of rotatable bonds is 5. The Morgan fingerprint density at radius 2 is 2.50 bits per heavy atom. The third-order valence-corrected chi connectivity index (χ3v) is 2.13. The minimum absolute atomic E-state index is 0.0450. The number of carboxylic acids is 1. The summed E-state index contributed by atoms with van der Waals surface area (Å²) in [6, 6.07) is 1.33. The Labute approximate surface area is 82.3 Å². The Bertz CT molecular complexity index is 284. The molecule has 5 N–H and O–H groups in total. The molecule has 1 rings (SSSR count). The second-order valence-electron chi connectivity index (χ2n) is 3.17. The smallest absolute Gasteiger partial charge is 0.304 e. The Morgan fingerprint density at radius 3 is 2.93 bits per heavy atom. The molecule has 1 aromatic rings. The van der Waals surface area contributed by atoms with E-state index in [2.05, 4.69) is 10.3 Å². The van der Waals surface area contributed by atoms with Gasteiger partial charge < -0.3 is 21.1 Å². The van der Waals surface area contributed by atoms with Gasteiger partial charge in [0.25, 0.3) is 0 Å². The zero-order chi connectivity index (χ0) is 10.6. The van der Waals surface area contributed by atoms with E-state index in [0.717, 1.165) is 5.56 Å². The molecule has 2 atom stereocenters. The van der Waals surface area contributed by atoms with Gasteiger partial charge in [-0.25, -0.2) is 0 Å². The van der Waals surface area contributed by atoms with Crippen molar-refractivity contribution >= 4 is 5.97 Å². The highest BCUT2D eigenvalue weighted by atomic mass is 16.4. The van der Waals surface area contributed by atoms with Gasteiger partial charge in [-0.05, 0) is 18.7 Å². The lowest BCUT2D eigenvalue weighted by Gasteiger charge is -2.21. The van der Waals surface area contributed by atoms with Crippen molar-refractivity contribution in [3.8, 4) is 0 Å². The van der Waals surface area contributed by atoms with Gasteiger partial charge in [0, 0.05) is 24.5 Å². The maximum atomic E-state index is 10.5. The fourth-order valence-corrected chi connectivity index (χ4v) is 1.48. The van der Waals surface area contributed by atoms with Crippen LogP contribution in [0.3, 0.4) is 0 Å². The molecule has 1 heterocycles. The van der Waals surface area contributed by atoms with Crippen LogP contribution in [0.4, 0.5) is 0 Å². The summed E-state index contributed by atoms with van der Waals surface area (Å²) in [5.41, 5.74) is 6.74. The van der Waals surface area contributed by atoms with Crippen molar-refractivity contribution in [1.82, 2.24) is 10.3 Å². The SMILES string of the molecule is CNC(c1cc[nH]c1)C(N)CC(=O)O.